The van der Waals surface area contributed by atoms with Gasteiger partial charge in [-0.05, 0) is 0 Å². The van der Waals surface area contributed by atoms with Gasteiger partial charge < -0.3 is 45.2 Å². The van der Waals surface area contributed by atoms with Crippen LogP contribution in [0, 0.1) is 24.5 Å². The first kappa shape index (κ1) is 31.5. The number of aromatic amines is 2. The Balaban J connectivity index is -0.000000105. The third-order valence-electron chi connectivity index (χ3n) is 1.89. The molecule has 2 aromatic heterocycles. The molecule has 124 valence electrons. The molecule has 0 radical (unpaired) electrons. The largest absolute Gasteiger partial charge is 2.00 e. The van der Waals surface area contributed by atoms with Crippen LogP contribution >= 0.6 is 0 Å². The van der Waals surface area contributed by atoms with E-state index >= 15 is 0 Å². The number of nitrogens with one attached hydrogen (secondary N) is 2. The fourth-order valence-corrected chi connectivity index (χ4v) is 1.05. The normalized spacial score (nSPS) is 10.7. The molecule has 0 fully saturated rings. The molecule has 0 unspecified atom stereocenters. The van der Waals surface area contributed by atoms with Gasteiger partial charge in [0.1, 0.15) is 0 Å². The van der Waals surface area contributed by atoms with E-state index in [2.05, 4.69) is 57.1 Å². The molecule has 0 aliphatic heterocycles. The summed E-state index contributed by atoms with van der Waals surface area (Å²) >= 11 is 0. The van der Waals surface area contributed by atoms with Gasteiger partial charge in [-0.15, -0.1) is 37.6 Å². The third-order valence-corrected chi connectivity index (χ3v) is 1.89. The number of allylic oxidation sites excluding steroid dienone is 8. The van der Waals surface area contributed by atoms with Gasteiger partial charge in [0, 0.05) is 0 Å². The minimum atomic E-state index is 0. The molecule has 0 amide bonds. The summed E-state index contributed by atoms with van der Waals surface area (Å²) in [5.41, 5.74) is 0. The molecule has 4 rings (SSSR count). The Labute approximate surface area is 194 Å². The fraction of sp³-hybridized carbons (Fsp3) is 0.125. The second kappa shape index (κ2) is 27.6. The summed E-state index contributed by atoms with van der Waals surface area (Å²) in [7, 11) is 0. The zero-order chi connectivity index (χ0) is 14.1. The Kier molecular flexibility index (Phi) is 36.2. The monoisotopic (exact) mass is 514 g/mol. The summed E-state index contributed by atoms with van der Waals surface area (Å²) in [4.78, 5) is 0. The van der Waals surface area contributed by atoms with Gasteiger partial charge in [0.05, 0.1) is 0 Å². The van der Waals surface area contributed by atoms with Crippen molar-refractivity contribution in [3.63, 3.8) is 0 Å². The Morgan fingerprint density at radius 2 is 1.12 bits per heavy atom. The van der Waals surface area contributed by atoms with Crippen LogP contribution in [0.2, 0.25) is 0 Å². The van der Waals surface area contributed by atoms with E-state index in [1.807, 2.05) is 24.3 Å². The van der Waals surface area contributed by atoms with Crippen LogP contribution in [-0.4, -0.2) is 20.4 Å². The summed E-state index contributed by atoms with van der Waals surface area (Å²) in [5.74, 6) is 0. The second-order valence-electron chi connectivity index (χ2n) is 3.41. The Hall–Kier alpha value is -0.274. The Bertz CT molecular complexity index is 407. The molecular formula is C16H16Cl2N4Zr2-2. The number of halogens is 2. The number of hydrogen-bond donors (Lipinski definition) is 2. The molecule has 0 bridgehead atoms. The molecule has 2 N–H and O–H groups in total. The standard InChI is InChI=1S/2C5H5.2C3H3N2.2ClH.2Zr/c4*1-2-4-5-3-1;;;;/h2*1-3H,4H2;2*1-2H,(H,4,5);2*1H;;/q4*-1;;;2*+2/p-2. The minimum Gasteiger partial charge on any atom is -1.00 e. The van der Waals surface area contributed by atoms with Crippen molar-refractivity contribution in [2.75, 3.05) is 0 Å². The van der Waals surface area contributed by atoms with Gasteiger partial charge in [-0.25, -0.2) is 24.3 Å². The van der Waals surface area contributed by atoms with Gasteiger partial charge in [-0.3, -0.25) is 12.2 Å². The smallest absolute Gasteiger partial charge is 1.00 e. The summed E-state index contributed by atoms with van der Waals surface area (Å²) in [6.07, 6.45) is 28.5. The predicted molar refractivity (Wildman–Crippen MR) is 78.0 cm³/mol. The Morgan fingerprint density at radius 1 is 0.708 bits per heavy atom. The average Bonchev–Trinajstić information content (AvgIpc) is 3.40. The summed E-state index contributed by atoms with van der Waals surface area (Å²) in [6.45, 7) is 0. The zero-order valence-corrected chi connectivity index (χ0v) is 19.3. The maximum Gasteiger partial charge on any atom is 2.00 e. The molecule has 0 atom stereocenters. The van der Waals surface area contributed by atoms with Gasteiger partial charge in [0.25, 0.3) is 0 Å². The predicted octanol–water partition coefficient (Wildman–Crippen LogP) is -2.97. The second-order valence-corrected chi connectivity index (χ2v) is 3.41. The molecule has 24 heavy (non-hydrogen) atoms. The van der Waals surface area contributed by atoms with Crippen molar-refractivity contribution in [1.29, 1.82) is 0 Å². The van der Waals surface area contributed by atoms with Crippen LogP contribution in [-0.2, 0) is 52.4 Å². The molecule has 2 aromatic rings. The molecule has 0 aromatic carbocycles. The number of rotatable bonds is 0. The quantitative estimate of drug-likeness (QED) is 0.367. The van der Waals surface area contributed by atoms with Crippen molar-refractivity contribution in [3.05, 3.63) is 85.5 Å². The van der Waals surface area contributed by atoms with Crippen LogP contribution in [0.25, 0.3) is 0 Å². The van der Waals surface area contributed by atoms with Crippen LogP contribution in [0.15, 0.2) is 61.0 Å². The first-order valence-electron chi connectivity index (χ1n) is 6.15. The molecule has 2 aliphatic rings. The zero-order valence-electron chi connectivity index (χ0n) is 12.8. The van der Waals surface area contributed by atoms with Crippen molar-refractivity contribution in [1.82, 2.24) is 20.4 Å². The topological polar surface area (TPSA) is 57.4 Å². The van der Waals surface area contributed by atoms with Gasteiger partial charge in [-0.2, -0.15) is 24.3 Å². The van der Waals surface area contributed by atoms with Crippen molar-refractivity contribution < 1.29 is 77.2 Å². The van der Waals surface area contributed by atoms with Crippen molar-refractivity contribution in [2.24, 2.45) is 0 Å². The van der Waals surface area contributed by atoms with Gasteiger partial charge in [0.15, 0.2) is 0 Å². The van der Waals surface area contributed by atoms with E-state index in [-0.39, 0.29) is 77.2 Å². The van der Waals surface area contributed by atoms with Crippen LogP contribution in [0.4, 0.5) is 0 Å². The van der Waals surface area contributed by atoms with Crippen LogP contribution < -0.4 is 24.8 Å². The van der Waals surface area contributed by atoms with E-state index in [0.29, 0.717) is 0 Å². The van der Waals surface area contributed by atoms with Crippen molar-refractivity contribution in [3.8, 4) is 0 Å². The van der Waals surface area contributed by atoms with E-state index in [9.17, 15) is 0 Å². The molecule has 4 nitrogen and oxygen atoms in total. The molecule has 2 heterocycles. The maximum absolute atomic E-state index is 3.47. The SMILES string of the molecule is [C-]1=CC=CC1.[C-]1=CC=CC1.[Cl-].[Cl-].[Zr+2].[Zr+2].[c-]1cc[nH]n1.[c-]1cc[nH]n1. The van der Waals surface area contributed by atoms with E-state index in [1.54, 1.807) is 24.5 Å². The summed E-state index contributed by atoms with van der Waals surface area (Å²) in [5, 5.41) is 12.1. The molecule has 8 heteroatoms. The summed E-state index contributed by atoms with van der Waals surface area (Å²) in [6, 6.07) is 3.42. The number of nitrogens with zero attached hydrogens (tertiary/aromatic N) is 2. The summed E-state index contributed by atoms with van der Waals surface area (Å²) < 4.78 is 0. The van der Waals surface area contributed by atoms with Crippen molar-refractivity contribution >= 4 is 0 Å². The van der Waals surface area contributed by atoms with E-state index in [0.717, 1.165) is 12.8 Å². The van der Waals surface area contributed by atoms with Gasteiger partial charge >= 0.3 is 52.4 Å². The molecule has 0 saturated heterocycles. The van der Waals surface area contributed by atoms with Gasteiger partial charge in [-0.1, -0.05) is 0 Å². The fourth-order valence-electron chi connectivity index (χ4n) is 1.05. The Morgan fingerprint density at radius 3 is 1.21 bits per heavy atom. The first-order chi connectivity index (χ1) is 10.0. The number of H-pyrrole nitrogens is 2. The average molecular weight is 518 g/mol. The molecule has 0 saturated carbocycles. The molecule has 2 aliphatic carbocycles. The maximum atomic E-state index is 3.47. The van der Waals surface area contributed by atoms with Gasteiger partial charge in [0.2, 0.25) is 0 Å². The van der Waals surface area contributed by atoms with Crippen LogP contribution in [0.5, 0.6) is 0 Å². The van der Waals surface area contributed by atoms with Crippen LogP contribution in [0.3, 0.4) is 0 Å². The first-order valence-corrected chi connectivity index (χ1v) is 6.15. The molecule has 0 spiro atoms. The van der Waals surface area contributed by atoms with Crippen LogP contribution in [0.1, 0.15) is 12.8 Å². The van der Waals surface area contributed by atoms with E-state index in [1.165, 1.54) is 0 Å². The van der Waals surface area contributed by atoms with E-state index in [4.69, 9.17) is 0 Å². The third kappa shape index (κ3) is 24.0. The van der Waals surface area contributed by atoms with E-state index < -0.39 is 0 Å². The molecular weight excluding hydrogens is 502 g/mol. The number of aromatic nitrogens is 4. The minimum absolute atomic E-state index is 0. The van der Waals surface area contributed by atoms with Crippen molar-refractivity contribution in [2.45, 2.75) is 12.8 Å². The number of hydrogen-bond acceptors (Lipinski definition) is 2.